The Morgan fingerprint density at radius 2 is 2.05 bits per heavy atom. The zero-order chi connectivity index (χ0) is 25.9. The van der Waals surface area contributed by atoms with Crippen LogP contribution in [0.3, 0.4) is 0 Å². The SMILES string of the molecule is CC1NC=C(c2ccc(C(=O)NC3=NC4=CC(N(C)C(=O)c5ccccc5)=CCC4C(CCN)C3)s2)O1. The number of carbonyl (C=O) groups is 2. The van der Waals surface area contributed by atoms with Gasteiger partial charge in [0.1, 0.15) is 5.84 Å². The molecule has 0 fully saturated rings. The molecule has 2 amide bonds. The fourth-order valence-electron chi connectivity index (χ4n) is 4.91. The van der Waals surface area contributed by atoms with Gasteiger partial charge < -0.3 is 26.0 Å². The molecular formula is C28H31N5O3S. The number of amides is 2. The van der Waals surface area contributed by atoms with Crippen LogP contribution in [0.4, 0.5) is 0 Å². The van der Waals surface area contributed by atoms with Crippen molar-refractivity contribution in [3.05, 3.63) is 87.5 Å². The Bertz CT molecular complexity index is 1310. The van der Waals surface area contributed by atoms with Gasteiger partial charge in [0.15, 0.2) is 12.0 Å². The van der Waals surface area contributed by atoms with Crippen LogP contribution < -0.4 is 16.4 Å². The Hall–Kier alpha value is -3.69. The minimum atomic E-state index is -0.192. The van der Waals surface area contributed by atoms with E-state index in [0.717, 1.165) is 34.9 Å². The second-order valence-corrected chi connectivity index (χ2v) is 10.5. The molecule has 192 valence electrons. The predicted octanol–water partition coefficient (Wildman–Crippen LogP) is 4.07. The van der Waals surface area contributed by atoms with Gasteiger partial charge in [-0.15, -0.1) is 11.3 Å². The highest BCUT2D eigenvalue weighted by molar-refractivity contribution is 7.15. The lowest BCUT2D eigenvalue weighted by atomic mass is 9.77. The van der Waals surface area contributed by atoms with Gasteiger partial charge in [0.05, 0.1) is 9.75 Å². The van der Waals surface area contributed by atoms with Crippen LogP contribution in [0.1, 0.15) is 51.1 Å². The summed E-state index contributed by atoms with van der Waals surface area (Å²) in [6, 6.07) is 12.9. The van der Waals surface area contributed by atoms with E-state index in [1.165, 1.54) is 11.3 Å². The van der Waals surface area contributed by atoms with Crippen molar-refractivity contribution in [2.24, 2.45) is 22.6 Å². The molecule has 3 atom stereocenters. The number of aliphatic imine (C=N–C) groups is 1. The molecule has 9 heteroatoms. The highest BCUT2D eigenvalue weighted by Gasteiger charge is 2.33. The molecule has 3 unspecified atom stereocenters. The van der Waals surface area contributed by atoms with Crippen LogP contribution in [0.5, 0.6) is 0 Å². The van der Waals surface area contributed by atoms with Crippen LogP contribution in [-0.2, 0) is 4.74 Å². The molecule has 4 N–H and O–H groups in total. The molecule has 0 spiro atoms. The van der Waals surface area contributed by atoms with E-state index < -0.39 is 0 Å². The smallest absolute Gasteiger partial charge is 0.266 e. The summed E-state index contributed by atoms with van der Waals surface area (Å²) in [6.45, 7) is 2.49. The average Bonchev–Trinajstić information content (AvgIpc) is 3.57. The molecule has 1 aromatic carbocycles. The molecule has 3 aliphatic rings. The molecule has 5 rings (SSSR count). The van der Waals surface area contributed by atoms with Crippen molar-refractivity contribution in [3.63, 3.8) is 0 Å². The maximum absolute atomic E-state index is 13.1. The molecule has 2 aromatic rings. The van der Waals surface area contributed by atoms with Crippen LogP contribution in [0.25, 0.3) is 5.76 Å². The van der Waals surface area contributed by atoms with Crippen molar-refractivity contribution in [1.82, 2.24) is 15.5 Å². The van der Waals surface area contributed by atoms with Gasteiger partial charge in [0, 0.05) is 42.5 Å². The number of nitrogens with two attached hydrogens (primary N) is 1. The third kappa shape index (κ3) is 5.38. The lowest BCUT2D eigenvalue weighted by Gasteiger charge is -2.35. The Balaban J connectivity index is 1.34. The summed E-state index contributed by atoms with van der Waals surface area (Å²) in [4.78, 5) is 34.0. The maximum Gasteiger partial charge on any atom is 0.266 e. The van der Waals surface area contributed by atoms with E-state index in [9.17, 15) is 9.59 Å². The summed E-state index contributed by atoms with van der Waals surface area (Å²) in [5, 5.41) is 6.13. The van der Waals surface area contributed by atoms with Gasteiger partial charge in [-0.25, -0.2) is 4.99 Å². The van der Waals surface area contributed by atoms with Crippen molar-refractivity contribution in [3.8, 4) is 0 Å². The number of carbonyl (C=O) groups excluding carboxylic acids is 2. The van der Waals surface area contributed by atoms with Gasteiger partial charge in [-0.05, 0) is 62.6 Å². The van der Waals surface area contributed by atoms with E-state index in [-0.39, 0.29) is 29.9 Å². The number of ether oxygens (including phenoxy) is 1. The molecule has 8 nitrogen and oxygen atoms in total. The quantitative estimate of drug-likeness (QED) is 0.535. The molecule has 2 aliphatic heterocycles. The number of likely N-dealkylation sites (N-methyl/N-ethyl adjacent to an activating group) is 1. The van der Waals surface area contributed by atoms with Gasteiger partial charge in [0.2, 0.25) is 0 Å². The first-order valence-electron chi connectivity index (χ1n) is 12.5. The fourth-order valence-corrected chi connectivity index (χ4v) is 5.78. The van der Waals surface area contributed by atoms with Crippen molar-refractivity contribution in [2.75, 3.05) is 13.6 Å². The molecule has 1 aromatic heterocycles. The van der Waals surface area contributed by atoms with E-state index >= 15 is 0 Å². The minimum absolute atomic E-state index is 0.0755. The van der Waals surface area contributed by atoms with Crippen LogP contribution in [0.15, 0.2) is 77.2 Å². The first-order valence-corrected chi connectivity index (χ1v) is 13.3. The number of fused-ring (bicyclic) bond motifs is 1. The van der Waals surface area contributed by atoms with E-state index in [1.54, 1.807) is 18.0 Å². The van der Waals surface area contributed by atoms with Crippen LogP contribution in [0.2, 0.25) is 0 Å². The predicted molar refractivity (Wildman–Crippen MR) is 145 cm³/mol. The number of nitrogens with one attached hydrogen (secondary N) is 2. The van der Waals surface area contributed by atoms with Gasteiger partial charge >= 0.3 is 0 Å². The number of rotatable bonds is 6. The lowest BCUT2D eigenvalue weighted by molar-refractivity contribution is 0.0838. The number of hydrogen-bond acceptors (Lipinski definition) is 7. The van der Waals surface area contributed by atoms with Crippen molar-refractivity contribution in [1.29, 1.82) is 0 Å². The van der Waals surface area contributed by atoms with Crippen LogP contribution in [-0.4, -0.2) is 42.4 Å². The number of thiophene rings is 1. The molecule has 3 heterocycles. The van der Waals surface area contributed by atoms with Crippen molar-refractivity contribution in [2.45, 2.75) is 32.4 Å². The first-order chi connectivity index (χ1) is 17.9. The summed E-state index contributed by atoms with van der Waals surface area (Å²) in [5.74, 6) is 1.57. The summed E-state index contributed by atoms with van der Waals surface area (Å²) in [5.41, 5.74) is 8.25. The average molecular weight is 518 g/mol. The Labute approximate surface area is 220 Å². The number of benzene rings is 1. The molecule has 0 radical (unpaired) electrons. The van der Waals surface area contributed by atoms with Crippen molar-refractivity contribution < 1.29 is 14.3 Å². The maximum atomic E-state index is 13.1. The van der Waals surface area contributed by atoms with Gasteiger partial charge in [-0.3, -0.25) is 9.59 Å². The van der Waals surface area contributed by atoms with E-state index in [4.69, 9.17) is 15.5 Å². The Morgan fingerprint density at radius 3 is 2.78 bits per heavy atom. The lowest BCUT2D eigenvalue weighted by Crippen LogP contribution is -2.38. The third-order valence-electron chi connectivity index (χ3n) is 6.88. The van der Waals surface area contributed by atoms with Crippen LogP contribution in [0, 0.1) is 11.8 Å². The highest BCUT2D eigenvalue weighted by atomic mass is 32.1. The highest BCUT2D eigenvalue weighted by Crippen LogP contribution is 2.39. The van der Waals surface area contributed by atoms with Gasteiger partial charge in [-0.2, -0.15) is 0 Å². The van der Waals surface area contributed by atoms with Crippen LogP contribution >= 0.6 is 11.3 Å². The molecule has 1 aliphatic carbocycles. The minimum Gasteiger partial charge on any atom is -0.468 e. The fraction of sp³-hybridized carbons (Fsp3) is 0.321. The molecule has 0 saturated heterocycles. The normalized spacial score (nSPS) is 22.4. The number of nitrogens with zero attached hydrogens (tertiary/aromatic N) is 2. The molecular weight excluding hydrogens is 486 g/mol. The third-order valence-corrected chi connectivity index (χ3v) is 7.98. The van der Waals surface area contributed by atoms with E-state index in [2.05, 4.69) is 16.7 Å². The van der Waals surface area contributed by atoms with Crippen molar-refractivity contribution >= 4 is 34.7 Å². The number of amidine groups is 1. The molecule has 0 saturated carbocycles. The van der Waals surface area contributed by atoms with Gasteiger partial charge in [0.25, 0.3) is 11.8 Å². The second-order valence-electron chi connectivity index (χ2n) is 9.42. The van der Waals surface area contributed by atoms with E-state index in [0.29, 0.717) is 29.2 Å². The Morgan fingerprint density at radius 1 is 1.24 bits per heavy atom. The standard InChI is InChI=1S/C28H31N5O3S/c1-17-30-16-23(36-17)24-10-11-25(37-24)27(34)32-26-14-19(12-13-29)21-9-8-20(15-22(21)31-26)33(2)28(35)18-6-4-3-5-7-18/h3-8,10-11,15-17,19,21,30H,9,12-14,29H2,1-2H3,(H,31,32,34). The summed E-state index contributed by atoms with van der Waals surface area (Å²) < 4.78 is 5.72. The summed E-state index contributed by atoms with van der Waals surface area (Å²) in [6.07, 6.45) is 8.06. The largest absolute Gasteiger partial charge is 0.468 e. The zero-order valence-corrected chi connectivity index (χ0v) is 21.8. The second kappa shape index (κ2) is 10.7. The first kappa shape index (κ1) is 25.0. The monoisotopic (exact) mass is 517 g/mol. The molecule has 37 heavy (non-hydrogen) atoms. The van der Waals surface area contributed by atoms with Gasteiger partial charge in [-0.1, -0.05) is 24.3 Å². The Kier molecular flexibility index (Phi) is 7.25. The van der Waals surface area contributed by atoms with E-state index in [1.807, 2.05) is 55.6 Å². The number of allylic oxidation sites excluding steroid dienone is 3. The zero-order valence-electron chi connectivity index (χ0n) is 20.9. The topological polar surface area (TPSA) is 109 Å². The number of hydrogen-bond donors (Lipinski definition) is 3. The molecule has 0 bridgehead atoms. The summed E-state index contributed by atoms with van der Waals surface area (Å²) >= 11 is 1.38. The summed E-state index contributed by atoms with van der Waals surface area (Å²) in [7, 11) is 1.78.